The van der Waals surface area contributed by atoms with Crippen molar-refractivity contribution in [2.45, 2.75) is 56.5 Å². The van der Waals surface area contributed by atoms with Gasteiger partial charge in [-0.25, -0.2) is 4.98 Å². The number of rotatable bonds is 4. The van der Waals surface area contributed by atoms with Crippen LogP contribution in [-0.4, -0.2) is 36.1 Å². The Labute approximate surface area is 119 Å². The van der Waals surface area contributed by atoms with E-state index < -0.39 is 0 Å². The highest BCUT2D eigenvalue weighted by Gasteiger charge is 2.28. The summed E-state index contributed by atoms with van der Waals surface area (Å²) in [5.74, 6) is 2.20. The fourth-order valence-corrected chi connectivity index (χ4v) is 3.13. The Morgan fingerprint density at radius 2 is 1.95 bits per heavy atom. The highest BCUT2D eigenvalue weighted by atomic mass is 16.1. The lowest BCUT2D eigenvalue weighted by molar-refractivity contribution is 0.350. The summed E-state index contributed by atoms with van der Waals surface area (Å²) in [5.41, 5.74) is -0.0207. The molecule has 1 aromatic heterocycles. The Kier molecular flexibility index (Phi) is 3.78. The molecule has 20 heavy (non-hydrogen) atoms. The summed E-state index contributed by atoms with van der Waals surface area (Å²) in [5, 5.41) is 3.36. The molecule has 1 aromatic rings. The minimum Gasteiger partial charge on any atom is -0.356 e. The van der Waals surface area contributed by atoms with Crippen LogP contribution in [0.2, 0.25) is 0 Å². The SMILES string of the molecule is CNC1CCC(N(C)c2cc(=O)[nH]c(C3CC3)n2)CC1. The quantitative estimate of drug-likeness (QED) is 0.877. The summed E-state index contributed by atoms with van der Waals surface area (Å²) in [6, 6.07) is 2.78. The van der Waals surface area contributed by atoms with Gasteiger partial charge >= 0.3 is 0 Å². The summed E-state index contributed by atoms with van der Waals surface area (Å²) in [6.45, 7) is 0. The standard InChI is InChI=1S/C15H24N4O/c1-16-11-5-7-12(8-6-11)19(2)13-9-14(20)18-15(17-13)10-3-4-10/h9-12,16H,3-8H2,1-2H3,(H,17,18,20). The number of H-pyrrole nitrogens is 1. The summed E-state index contributed by atoms with van der Waals surface area (Å²) in [4.78, 5) is 21.5. The molecule has 0 radical (unpaired) electrons. The molecule has 2 aliphatic rings. The van der Waals surface area contributed by atoms with E-state index >= 15 is 0 Å². The lowest BCUT2D eigenvalue weighted by Gasteiger charge is -2.35. The zero-order chi connectivity index (χ0) is 14.1. The van der Waals surface area contributed by atoms with Crippen molar-refractivity contribution in [3.05, 3.63) is 22.2 Å². The van der Waals surface area contributed by atoms with Gasteiger partial charge < -0.3 is 15.2 Å². The van der Waals surface area contributed by atoms with E-state index in [4.69, 9.17) is 0 Å². The first-order chi connectivity index (χ1) is 9.67. The molecule has 0 bridgehead atoms. The van der Waals surface area contributed by atoms with Crippen LogP contribution in [0.3, 0.4) is 0 Å². The Morgan fingerprint density at radius 1 is 1.25 bits per heavy atom. The molecule has 2 saturated carbocycles. The van der Waals surface area contributed by atoms with Crippen LogP contribution < -0.4 is 15.8 Å². The van der Waals surface area contributed by atoms with Gasteiger partial charge in [0.05, 0.1) is 0 Å². The molecule has 0 spiro atoms. The topological polar surface area (TPSA) is 61.0 Å². The van der Waals surface area contributed by atoms with Crippen LogP contribution >= 0.6 is 0 Å². The molecule has 0 aliphatic heterocycles. The van der Waals surface area contributed by atoms with Gasteiger partial charge in [-0.3, -0.25) is 4.79 Å². The lowest BCUT2D eigenvalue weighted by atomic mass is 9.90. The van der Waals surface area contributed by atoms with E-state index in [1.54, 1.807) is 6.07 Å². The fraction of sp³-hybridized carbons (Fsp3) is 0.733. The van der Waals surface area contributed by atoms with Crippen LogP contribution in [0.15, 0.2) is 10.9 Å². The largest absolute Gasteiger partial charge is 0.356 e. The smallest absolute Gasteiger partial charge is 0.252 e. The van der Waals surface area contributed by atoms with Gasteiger partial charge in [0.25, 0.3) is 5.56 Å². The minimum atomic E-state index is -0.0207. The number of nitrogens with one attached hydrogen (secondary N) is 2. The molecule has 5 nitrogen and oxygen atoms in total. The van der Waals surface area contributed by atoms with Gasteiger partial charge in [0.2, 0.25) is 0 Å². The van der Waals surface area contributed by atoms with E-state index in [0.717, 1.165) is 37.3 Å². The van der Waals surface area contributed by atoms with Crippen LogP contribution in [0, 0.1) is 0 Å². The molecule has 110 valence electrons. The Morgan fingerprint density at radius 3 is 2.55 bits per heavy atom. The van der Waals surface area contributed by atoms with Crippen molar-refractivity contribution in [2.24, 2.45) is 0 Å². The average Bonchev–Trinajstić information content (AvgIpc) is 3.30. The summed E-state index contributed by atoms with van der Waals surface area (Å²) < 4.78 is 0. The Bertz CT molecular complexity index is 515. The minimum absolute atomic E-state index is 0.0207. The van der Waals surface area contributed by atoms with Crippen LogP contribution in [0.1, 0.15) is 50.3 Å². The third-order valence-corrected chi connectivity index (χ3v) is 4.72. The Balaban J connectivity index is 1.73. The molecule has 2 fully saturated rings. The van der Waals surface area contributed by atoms with Crippen molar-refractivity contribution in [3.8, 4) is 0 Å². The van der Waals surface area contributed by atoms with Gasteiger partial charge in [0.1, 0.15) is 11.6 Å². The molecule has 2 aliphatic carbocycles. The predicted octanol–water partition coefficient (Wildman–Crippen LogP) is 1.61. The van der Waals surface area contributed by atoms with Crippen LogP contribution in [-0.2, 0) is 0 Å². The summed E-state index contributed by atoms with van der Waals surface area (Å²) in [6.07, 6.45) is 7.03. The van der Waals surface area contributed by atoms with E-state index in [0.29, 0.717) is 18.0 Å². The number of anilines is 1. The monoisotopic (exact) mass is 276 g/mol. The molecule has 0 saturated heterocycles. The second kappa shape index (κ2) is 5.56. The average molecular weight is 276 g/mol. The molecule has 5 heteroatoms. The first-order valence-electron chi connectivity index (χ1n) is 7.68. The maximum absolute atomic E-state index is 11.8. The molecule has 0 atom stereocenters. The number of hydrogen-bond acceptors (Lipinski definition) is 4. The molecule has 1 heterocycles. The van der Waals surface area contributed by atoms with Gasteiger partial charge in [-0.05, 0) is 45.6 Å². The molecule has 2 N–H and O–H groups in total. The lowest BCUT2D eigenvalue weighted by Crippen LogP contribution is -2.40. The van der Waals surface area contributed by atoms with Gasteiger partial charge in [0, 0.05) is 31.1 Å². The van der Waals surface area contributed by atoms with Crippen LogP contribution in [0.25, 0.3) is 0 Å². The van der Waals surface area contributed by atoms with E-state index in [1.165, 1.54) is 12.8 Å². The maximum Gasteiger partial charge on any atom is 0.252 e. The van der Waals surface area contributed by atoms with Gasteiger partial charge in [-0.1, -0.05) is 0 Å². The highest BCUT2D eigenvalue weighted by molar-refractivity contribution is 5.38. The maximum atomic E-state index is 11.8. The van der Waals surface area contributed by atoms with Crippen molar-refractivity contribution >= 4 is 5.82 Å². The van der Waals surface area contributed by atoms with Crippen molar-refractivity contribution < 1.29 is 0 Å². The molecular weight excluding hydrogens is 252 g/mol. The summed E-state index contributed by atoms with van der Waals surface area (Å²) in [7, 11) is 4.11. The third-order valence-electron chi connectivity index (χ3n) is 4.72. The molecule has 0 aromatic carbocycles. The van der Waals surface area contributed by atoms with Gasteiger partial charge in [0.15, 0.2) is 0 Å². The normalized spacial score (nSPS) is 26.5. The van der Waals surface area contributed by atoms with Crippen molar-refractivity contribution in [1.29, 1.82) is 0 Å². The van der Waals surface area contributed by atoms with E-state index in [2.05, 4.69) is 27.2 Å². The molecule has 0 amide bonds. The first-order valence-corrected chi connectivity index (χ1v) is 7.68. The fourth-order valence-electron chi connectivity index (χ4n) is 3.13. The van der Waals surface area contributed by atoms with E-state index in [1.807, 2.05) is 7.05 Å². The number of hydrogen-bond donors (Lipinski definition) is 2. The number of aromatic amines is 1. The Hall–Kier alpha value is -1.36. The number of nitrogens with zero attached hydrogens (tertiary/aromatic N) is 2. The third kappa shape index (κ3) is 2.87. The second-order valence-electron chi connectivity index (χ2n) is 6.17. The van der Waals surface area contributed by atoms with Crippen molar-refractivity contribution in [2.75, 3.05) is 19.0 Å². The highest BCUT2D eigenvalue weighted by Crippen LogP contribution is 2.38. The summed E-state index contributed by atoms with van der Waals surface area (Å²) >= 11 is 0. The van der Waals surface area contributed by atoms with E-state index in [9.17, 15) is 4.79 Å². The van der Waals surface area contributed by atoms with Crippen molar-refractivity contribution in [3.63, 3.8) is 0 Å². The zero-order valence-electron chi connectivity index (χ0n) is 12.4. The van der Waals surface area contributed by atoms with Gasteiger partial charge in [-0.15, -0.1) is 0 Å². The molecular formula is C15H24N4O. The van der Waals surface area contributed by atoms with Crippen molar-refractivity contribution in [1.82, 2.24) is 15.3 Å². The molecule has 0 unspecified atom stereocenters. The van der Waals surface area contributed by atoms with Crippen LogP contribution in [0.5, 0.6) is 0 Å². The van der Waals surface area contributed by atoms with Gasteiger partial charge in [-0.2, -0.15) is 0 Å². The number of aromatic nitrogens is 2. The van der Waals surface area contributed by atoms with Crippen LogP contribution in [0.4, 0.5) is 5.82 Å². The first kappa shape index (κ1) is 13.6. The second-order valence-corrected chi connectivity index (χ2v) is 6.17. The van der Waals surface area contributed by atoms with E-state index in [-0.39, 0.29) is 5.56 Å². The zero-order valence-corrected chi connectivity index (χ0v) is 12.4. The predicted molar refractivity (Wildman–Crippen MR) is 80.3 cm³/mol. The molecule has 3 rings (SSSR count).